The Bertz CT molecular complexity index is 733. The summed E-state index contributed by atoms with van der Waals surface area (Å²) in [6, 6.07) is 9.88. The number of fused-ring (bicyclic) bond motifs is 1. The van der Waals surface area contributed by atoms with E-state index in [1.54, 1.807) is 6.92 Å². The Labute approximate surface area is 148 Å². The number of aryl methyl sites for hydroxylation is 1. The van der Waals surface area contributed by atoms with Gasteiger partial charge in [-0.2, -0.15) is 0 Å². The van der Waals surface area contributed by atoms with Gasteiger partial charge < -0.3 is 19.7 Å². The molecule has 2 aromatic rings. The Morgan fingerprint density at radius 3 is 2.76 bits per heavy atom. The minimum absolute atomic E-state index is 0.152. The molecular weight excluding hydrogens is 318 g/mol. The van der Waals surface area contributed by atoms with Crippen LogP contribution in [0.4, 0.5) is 0 Å². The lowest BCUT2D eigenvalue weighted by atomic mass is 10.1. The number of nitrogens with zero attached hydrogens (tertiary/aromatic N) is 2. The number of carbonyl (C=O) groups is 1. The van der Waals surface area contributed by atoms with Crippen LogP contribution < -0.4 is 5.32 Å². The highest BCUT2D eigenvalue weighted by atomic mass is 16.5. The summed E-state index contributed by atoms with van der Waals surface area (Å²) in [5.41, 5.74) is 0.705. The molecule has 0 spiro atoms. The van der Waals surface area contributed by atoms with Gasteiger partial charge in [0.05, 0.1) is 18.8 Å². The first kappa shape index (κ1) is 17.9. The highest BCUT2D eigenvalue weighted by Gasteiger charge is 2.26. The summed E-state index contributed by atoms with van der Waals surface area (Å²) in [5.74, 6) is -0.152. The summed E-state index contributed by atoms with van der Waals surface area (Å²) < 4.78 is 7.33. The minimum Gasteiger partial charge on any atom is -0.387 e. The average molecular weight is 345 g/mol. The van der Waals surface area contributed by atoms with Crippen LogP contribution in [0.1, 0.15) is 24.3 Å². The zero-order valence-electron chi connectivity index (χ0n) is 15.0. The van der Waals surface area contributed by atoms with E-state index in [4.69, 9.17) is 4.74 Å². The maximum absolute atomic E-state index is 12.7. The number of benzene rings is 1. The number of amides is 1. The Kier molecular flexibility index (Phi) is 5.42. The Hall–Kier alpha value is -1.89. The van der Waals surface area contributed by atoms with Crippen molar-refractivity contribution in [2.24, 2.45) is 0 Å². The zero-order chi connectivity index (χ0) is 17.9. The van der Waals surface area contributed by atoms with Crippen molar-refractivity contribution in [3.63, 3.8) is 0 Å². The van der Waals surface area contributed by atoms with Crippen molar-refractivity contribution in [1.82, 2.24) is 14.8 Å². The number of aromatic nitrogens is 1. The van der Waals surface area contributed by atoms with Gasteiger partial charge in [0.2, 0.25) is 0 Å². The number of para-hydroxylation sites is 1. The van der Waals surface area contributed by atoms with E-state index in [-0.39, 0.29) is 12.5 Å². The van der Waals surface area contributed by atoms with Gasteiger partial charge in [0.25, 0.3) is 5.91 Å². The summed E-state index contributed by atoms with van der Waals surface area (Å²) >= 11 is 0. The lowest BCUT2D eigenvalue weighted by Gasteiger charge is -2.33. The molecule has 3 rings (SSSR count). The first-order chi connectivity index (χ1) is 12.0. The topological polar surface area (TPSA) is 66.7 Å². The molecule has 0 aliphatic carbocycles. The van der Waals surface area contributed by atoms with Crippen LogP contribution in [-0.2, 0) is 11.3 Å². The molecule has 0 bridgehead atoms. The lowest BCUT2D eigenvalue weighted by Crippen LogP contribution is -2.51. The summed E-state index contributed by atoms with van der Waals surface area (Å²) in [4.78, 5) is 14.8. The molecule has 2 N–H and O–H groups in total. The maximum atomic E-state index is 12.7. The first-order valence-electron chi connectivity index (χ1n) is 8.89. The zero-order valence-corrected chi connectivity index (χ0v) is 15.0. The van der Waals surface area contributed by atoms with E-state index in [1.807, 2.05) is 41.8 Å². The van der Waals surface area contributed by atoms with Crippen molar-refractivity contribution >= 4 is 16.8 Å². The molecule has 0 radical (unpaired) electrons. The molecule has 2 heterocycles. The minimum atomic E-state index is -0.976. The van der Waals surface area contributed by atoms with Crippen molar-refractivity contribution in [1.29, 1.82) is 0 Å². The van der Waals surface area contributed by atoms with E-state index in [0.717, 1.165) is 30.5 Å². The molecule has 1 aliphatic heterocycles. The molecule has 1 aromatic carbocycles. The fourth-order valence-electron chi connectivity index (χ4n) is 3.40. The van der Waals surface area contributed by atoms with E-state index < -0.39 is 5.60 Å². The van der Waals surface area contributed by atoms with Crippen molar-refractivity contribution in [2.75, 3.05) is 39.4 Å². The molecule has 1 amide bonds. The predicted octanol–water partition coefficient (Wildman–Crippen LogP) is 1.47. The van der Waals surface area contributed by atoms with Gasteiger partial charge in [0, 0.05) is 43.6 Å². The normalized spacial score (nSPS) is 18.2. The van der Waals surface area contributed by atoms with Crippen molar-refractivity contribution in [2.45, 2.75) is 26.0 Å². The lowest BCUT2D eigenvalue weighted by molar-refractivity contribution is -0.0213. The summed E-state index contributed by atoms with van der Waals surface area (Å²) in [7, 11) is 0. The van der Waals surface area contributed by atoms with Crippen molar-refractivity contribution < 1.29 is 14.6 Å². The Morgan fingerprint density at radius 2 is 2.04 bits per heavy atom. The number of nitrogens with one attached hydrogen (secondary N) is 1. The van der Waals surface area contributed by atoms with Crippen LogP contribution in [0.25, 0.3) is 10.9 Å². The van der Waals surface area contributed by atoms with Crippen LogP contribution in [0.2, 0.25) is 0 Å². The molecule has 136 valence electrons. The standard InChI is InChI=1S/C19H27N3O3/c1-3-22-16-7-5-4-6-15(16)12-17(22)18(23)20-13-19(2,24)14-21-8-10-25-11-9-21/h4-7,12,24H,3,8-11,13-14H2,1-2H3,(H,20,23). The van der Waals surface area contributed by atoms with Gasteiger partial charge in [0.1, 0.15) is 5.69 Å². The van der Waals surface area contributed by atoms with E-state index in [1.165, 1.54) is 0 Å². The fourth-order valence-corrected chi connectivity index (χ4v) is 3.40. The van der Waals surface area contributed by atoms with Gasteiger partial charge in [-0.05, 0) is 26.0 Å². The number of ether oxygens (including phenoxy) is 1. The number of aliphatic hydroxyl groups is 1. The highest BCUT2D eigenvalue weighted by molar-refractivity contribution is 5.98. The Balaban J connectivity index is 1.65. The summed E-state index contributed by atoms with van der Waals surface area (Å²) in [6.45, 7) is 8.26. The van der Waals surface area contributed by atoms with Gasteiger partial charge in [-0.25, -0.2) is 0 Å². The molecule has 1 atom stereocenters. The molecule has 1 fully saturated rings. The summed E-state index contributed by atoms with van der Waals surface area (Å²) in [5, 5.41) is 14.6. The van der Waals surface area contributed by atoms with E-state index >= 15 is 0 Å². The van der Waals surface area contributed by atoms with Crippen LogP contribution >= 0.6 is 0 Å². The Morgan fingerprint density at radius 1 is 1.32 bits per heavy atom. The summed E-state index contributed by atoms with van der Waals surface area (Å²) in [6.07, 6.45) is 0. The predicted molar refractivity (Wildman–Crippen MR) is 97.8 cm³/mol. The third-order valence-corrected chi connectivity index (χ3v) is 4.66. The molecule has 1 unspecified atom stereocenters. The second-order valence-electron chi connectivity index (χ2n) is 6.90. The van der Waals surface area contributed by atoms with Gasteiger partial charge in [0.15, 0.2) is 0 Å². The largest absolute Gasteiger partial charge is 0.387 e. The molecule has 1 saturated heterocycles. The molecule has 0 saturated carbocycles. The number of hydrogen-bond donors (Lipinski definition) is 2. The van der Waals surface area contributed by atoms with Crippen LogP contribution in [0.5, 0.6) is 0 Å². The van der Waals surface area contributed by atoms with Gasteiger partial charge in [-0.3, -0.25) is 9.69 Å². The van der Waals surface area contributed by atoms with Gasteiger partial charge in [-0.1, -0.05) is 18.2 Å². The van der Waals surface area contributed by atoms with Gasteiger partial charge >= 0.3 is 0 Å². The molecule has 6 nitrogen and oxygen atoms in total. The van der Waals surface area contributed by atoms with Crippen LogP contribution in [-0.4, -0.2) is 65.5 Å². The van der Waals surface area contributed by atoms with Crippen LogP contribution in [0.15, 0.2) is 30.3 Å². The quantitative estimate of drug-likeness (QED) is 0.832. The van der Waals surface area contributed by atoms with E-state index in [0.29, 0.717) is 25.5 Å². The van der Waals surface area contributed by atoms with Crippen LogP contribution in [0.3, 0.4) is 0 Å². The molecule has 1 aliphatic rings. The molecule has 6 heteroatoms. The average Bonchev–Trinajstić information content (AvgIpc) is 2.99. The van der Waals surface area contributed by atoms with E-state index in [2.05, 4.69) is 10.2 Å². The molecule has 1 aromatic heterocycles. The van der Waals surface area contributed by atoms with Crippen molar-refractivity contribution in [3.8, 4) is 0 Å². The number of rotatable bonds is 6. The highest BCUT2D eigenvalue weighted by Crippen LogP contribution is 2.20. The third-order valence-electron chi connectivity index (χ3n) is 4.66. The maximum Gasteiger partial charge on any atom is 0.268 e. The molecule has 25 heavy (non-hydrogen) atoms. The SMILES string of the molecule is CCn1c(C(=O)NCC(C)(O)CN2CCOCC2)cc2ccccc21. The number of morpholine rings is 1. The molecular formula is C19H27N3O3. The van der Waals surface area contributed by atoms with Crippen LogP contribution in [0, 0.1) is 0 Å². The number of carbonyl (C=O) groups excluding carboxylic acids is 1. The third kappa shape index (κ3) is 4.21. The van der Waals surface area contributed by atoms with E-state index in [9.17, 15) is 9.90 Å². The first-order valence-corrected chi connectivity index (χ1v) is 8.89. The fraction of sp³-hybridized carbons (Fsp3) is 0.526. The number of β-amino-alcohol motifs (C(OH)–C–C–N with tert-alkyl or cyclic N) is 1. The second-order valence-corrected chi connectivity index (χ2v) is 6.90. The number of hydrogen-bond acceptors (Lipinski definition) is 4. The van der Waals surface area contributed by atoms with Crippen molar-refractivity contribution in [3.05, 3.63) is 36.0 Å². The van der Waals surface area contributed by atoms with Gasteiger partial charge in [-0.15, -0.1) is 0 Å². The monoisotopic (exact) mass is 345 g/mol. The second kappa shape index (κ2) is 7.56. The smallest absolute Gasteiger partial charge is 0.268 e.